The Kier molecular flexibility index (Phi) is 5.16. The zero-order valence-electron chi connectivity index (χ0n) is 11.1. The van der Waals surface area contributed by atoms with Gasteiger partial charge in [0.2, 0.25) is 0 Å². The predicted molar refractivity (Wildman–Crippen MR) is 70.6 cm³/mol. The van der Waals surface area contributed by atoms with Crippen LogP contribution in [0, 0.1) is 5.92 Å². The lowest BCUT2D eigenvalue weighted by Crippen LogP contribution is -2.33. The lowest BCUT2D eigenvalue weighted by Gasteiger charge is -2.29. The van der Waals surface area contributed by atoms with Crippen LogP contribution in [0.15, 0.2) is 24.3 Å². The number of hydrogen-bond acceptors (Lipinski definition) is 3. The van der Waals surface area contributed by atoms with E-state index in [1.807, 2.05) is 30.9 Å². The average molecular weight is 251 g/mol. The first-order chi connectivity index (χ1) is 8.47. The smallest absolute Gasteiger partial charge is 0.307 e. The number of carboxylic acids is 1. The van der Waals surface area contributed by atoms with Crippen LogP contribution in [-0.2, 0) is 4.79 Å². The van der Waals surface area contributed by atoms with Crippen molar-refractivity contribution in [1.29, 1.82) is 0 Å². The molecular formula is C14H21NO3. The highest BCUT2D eigenvalue weighted by atomic mass is 16.4. The van der Waals surface area contributed by atoms with E-state index in [4.69, 9.17) is 5.11 Å². The van der Waals surface area contributed by atoms with Crippen LogP contribution < -0.4 is 0 Å². The first-order valence-electron chi connectivity index (χ1n) is 6.22. The number of carbonyl (C=O) groups is 1. The van der Waals surface area contributed by atoms with E-state index < -0.39 is 11.9 Å². The summed E-state index contributed by atoms with van der Waals surface area (Å²) in [6.07, 6.45) is 0. The first-order valence-corrected chi connectivity index (χ1v) is 6.22. The molecule has 0 radical (unpaired) electrons. The van der Waals surface area contributed by atoms with E-state index in [1.54, 1.807) is 19.1 Å². The number of hydrogen-bond donors (Lipinski definition) is 2. The van der Waals surface area contributed by atoms with Gasteiger partial charge in [-0.15, -0.1) is 0 Å². The second kappa shape index (κ2) is 6.40. The summed E-state index contributed by atoms with van der Waals surface area (Å²) in [4.78, 5) is 13.0. The van der Waals surface area contributed by atoms with Crippen LogP contribution in [0.25, 0.3) is 0 Å². The molecule has 4 heteroatoms. The van der Waals surface area contributed by atoms with Gasteiger partial charge in [-0.05, 0) is 19.5 Å². The molecule has 1 rings (SSSR count). The van der Waals surface area contributed by atoms with Crippen LogP contribution >= 0.6 is 0 Å². The molecule has 0 heterocycles. The summed E-state index contributed by atoms with van der Waals surface area (Å²) in [5.41, 5.74) is 0.830. The Morgan fingerprint density at radius 2 is 1.94 bits per heavy atom. The van der Waals surface area contributed by atoms with E-state index in [1.165, 1.54) is 0 Å². The van der Waals surface area contributed by atoms with E-state index in [2.05, 4.69) is 0 Å². The maximum atomic E-state index is 10.9. The predicted octanol–water partition coefficient (Wildman–Crippen LogP) is 2.50. The van der Waals surface area contributed by atoms with Crippen molar-refractivity contribution >= 4 is 5.97 Å². The standard InChI is InChI=1S/C14H21NO3/c1-4-15(9-10(2)14(17)18)11(3)12-7-5-6-8-13(12)16/h5-8,10-11,16H,4,9H2,1-3H3,(H,17,18). The van der Waals surface area contributed by atoms with Crippen molar-refractivity contribution in [1.82, 2.24) is 4.90 Å². The minimum Gasteiger partial charge on any atom is -0.508 e. The molecule has 0 aliphatic carbocycles. The number of para-hydroxylation sites is 1. The van der Waals surface area contributed by atoms with Gasteiger partial charge in [-0.1, -0.05) is 32.0 Å². The van der Waals surface area contributed by atoms with Gasteiger partial charge in [-0.25, -0.2) is 0 Å². The Hall–Kier alpha value is -1.55. The molecule has 0 saturated heterocycles. The van der Waals surface area contributed by atoms with Gasteiger partial charge in [0.15, 0.2) is 0 Å². The van der Waals surface area contributed by atoms with Gasteiger partial charge in [-0.2, -0.15) is 0 Å². The third-order valence-corrected chi connectivity index (χ3v) is 3.27. The topological polar surface area (TPSA) is 60.8 Å². The molecule has 18 heavy (non-hydrogen) atoms. The van der Waals surface area contributed by atoms with E-state index in [0.717, 1.165) is 12.1 Å². The third-order valence-electron chi connectivity index (χ3n) is 3.27. The quantitative estimate of drug-likeness (QED) is 0.815. The summed E-state index contributed by atoms with van der Waals surface area (Å²) in [6.45, 7) is 6.88. The zero-order chi connectivity index (χ0) is 13.7. The molecule has 2 atom stereocenters. The molecule has 0 saturated carbocycles. The fourth-order valence-electron chi connectivity index (χ4n) is 2.03. The zero-order valence-corrected chi connectivity index (χ0v) is 11.1. The van der Waals surface area contributed by atoms with E-state index >= 15 is 0 Å². The van der Waals surface area contributed by atoms with Crippen LogP contribution in [0.2, 0.25) is 0 Å². The molecule has 0 aliphatic rings. The van der Waals surface area contributed by atoms with Gasteiger partial charge < -0.3 is 10.2 Å². The van der Waals surface area contributed by atoms with Gasteiger partial charge in [-0.3, -0.25) is 9.69 Å². The Bertz CT molecular complexity index is 406. The molecule has 0 bridgehead atoms. The monoisotopic (exact) mass is 251 g/mol. The van der Waals surface area contributed by atoms with E-state index in [0.29, 0.717) is 6.54 Å². The largest absolute Gasteiger partial charge is 0.508 e. The van der Waals surface area contributed by atoms with Crippen LogP contribution in [0.5, 0.6) is 5.75 Å². The van der Waals surface area contributed by atoms with Crippen LogP contribution in [0.3, 0.4) is 0 Å². The Balaban J connectivity index is 2.83. The second-order valence-electron chi connectivity index (χ2n) is 4.56. The van der Waals surface area contributed by atoms with Gasteiger partial charge in [0.25, 0.3) is 0 Å². The van der Waals surface area contributed by atoms with Crippen molar-refractivity contribution in [3.63, 3.8) is 0 Å². The number of aliphatic carboxylic acids is 1. The van der Waals surface area contributed by atoms with Crippen molar-refractivity contribution in [2.24, 2.45) is 5.92 Å². The van der Waals surface area contributed by atoms with Crippen molar-refractivity contribution in [2.45, 2.75) is 26.8 Å². The number of carboxylic acid groups (broad SMARTS) is 1. The summed E-state index contributed by atoms with van der Waals surface area (Å²) < 4.78 is 0. The van der Waals surface area contributed by atoms with Crippen molar-refractivity contribution in [3.05, 3.63) is 29.8 Å². The number of rotatable bonds is 6. The van der Waals surface area contributed by atoms with Crippen molar-refractivity contribution in [3.8, 4) is 5.75 Å². The molecule has 2 N–H and O–H groups in total. The minimum absolute atomic E-state index is 0.00185. The number of benzene rings is 1. The summed E-state index contributed by atoms with van der Waals surface area (Å²) >= 11 is 0. The molecule has 0 amide bonds. The normalized spacial score (nSPS) is 14.4. The molecule has 1 aromatic carbocycles. The summed E-state index contributed by atoms with van der Waals surface area (Å²) in [5, 5.41) is 18.8. The first kappa shape index (κ1) is 14.5. The molecule has 0 spiro atoms. The van der Waals surface area contributed by atoms with Gasteiger partial charge in [0.1, 0.15) is 5.75 Å². The fourth-order valence-corrected chi connectivity index (χ4v) is 2.03. The van der Waals surface area contributed by atoms with Crippen molar-refractivity contribution < 1.29 is 15.0 Å². The van der Waals surface area contributed by atoms with Crippen LogP contribution in [0.4, 0.5) is 0 Å². The van der Waals surface area contributed by atoms with Gasteiger partial charge in [0, 0.05) is 18.2 Å². The summed E-state index contributed by atoms with van der Waals surface area (Å²) in [7, 11) is 0. The van der Waals surface area contributed by atoms with Gasteiger partial charge in [0.05, 0.1) is 5.92 Å². The van der Waals surface area contributed by atoms with Crippen molar-refractivity contribution in [2.75, 3.05) is 13.1 Å². The molecule has 0 aromatic heterocycles. The number of aromatic hydroxyl groups is 1. The summed E-state index contributed by atoms with van der Waals surface area (Å²) in [5.74, 6) is -0.956. The Labute approximate surface area is 108 Å². The second-order valence-corrected chi connectivity index (χ2v) is 4.56. The van der Waals surface area contributed by atoms with Gasteiger partial charge >= 0.3 is 5.97 Å². The highest BCUT2D eigenvalue weighted by Crippen LogP contribution is 2.28. The highest BCUT2D eigenvalue weighted by Gasteiger charge is 2.21. The minimum atomic E-state index is -0.794. The molecule has 2 unspecified atom stereocenters. The maximum Gasteiger partial charge on any atom is 0.307 e. The van der Waals surface area contributed by atoms with Crippen LogP contribution in [-0.4, -0.2) is 34.2 Å². The summed E-state index contributed by atoms with van der Waals surface area (Å²) in [6, 6.07) is 7.17. The van der Waals surface area contributed by atoms with E-state index in [9.17, 15) is 9.90 Å². The number of phenols is 1. The number of phenolic OH excluding ortho intramolecular Hbond substituents is 1. The third kappa shape index (κ3) is 3.47. The van der Waals surface area contributed by atoms with E-state index in [-0.39, 0.29) is 11.8 Å². The SMILES string of the molecule is CCN(CC(C)C(=O)O)C(C)c1ccccc1O. The Morgan fingerprint density at radius 1 is 1.33 bits per heavy atom. The maximum absolute atomic E-state index is 10.9. The average Bonchev–Trinajstić information content (AvgIpc) is 2.35. The highest BCUT2D eigenvalue weighted by molar-refractivity contribution is 5.69. The lowest BCUT2D eigenvalue weighted by atomic mass is 10.0. The molecule has 0 aliphatic heterocycles. The lowest BCUT2D eigenvalue weighted by molar-refractivity contribution is -0.141. The van der Waals surface area contributed by atoms with Crippen LogP contribution in [0.1, 0.15) is 32.4 Å². The molecule has 1 aromatic rings. The fraction of sp³-hybridized carbons (Fsp3) is 0.500. The number of nitrogens with zero attached hydrogens (tertiary/aromatic N) is 1. The molecule has 100 valence electrons. The molecule has 4 nitrogen and oxygen atoms in total. The molecule has 0 fully saturated rings. The Morgan fingerprint density at radius 3 is 2.44 bits per heavy atom. The molecular weight excluding hydrogens is 230 g/mol.